The highest BCUT2D eigenvalue weighted by atomic mass is 16.3. The Morgan fingerprint density at radius 2 is 1.30 bits per heavy atom. The van der Waals surface area contributed by atoms with Crippen LogP contribution in [0.1, 0.15) is 25.7 Å². The first-order valence-electron chi connectivity index (χ1n) is 3.66. The molecule has 0 aromatic heterocycles. The van der Waals surface area contributed by atoms with Gasteiger partial charge in [-0.15, -0.1) is 0 Å². The fraction of sp³-hybridized carbons (Fsp3) is 0.750. The van der Waals surface area contributed by atoms with Crippen LogP contribution in [0.25, 0.3) is 0 Å². The summed E-state index contributed by atoms with van der Waals surface area (Å²) in [5, 5.41) is 18.1. The molecule has 1 aliphatic rings. The number of rotatable bonds is 0. The van der Waals surface area contributed by atoms with Crippen LogP contribution in [0.15, 0.2) is 0 Å². The minimum atomic E-state index is -0.519. The molecule has 0 saturated heterocycles. The molecule has 1 aliphatic carbocycles. The van der Waals surface area contributed by atoms with Crippen LogP contribution >= 0.6 is 0 Å². The van der Waals surface area contributed by atoms with Gasteiger partial charge in [0.1, 0.15) is 12.2 Å². The van der Waals surface area contributed by atoms with Crippen LogP contribution in [0.5, 0.6) is 0 Å². The Balaban J connectivity index is 2.49. The molecule has 0 fully saturated rings. The molecule has 0 heterocycles. The second-order valence-electron chi connectivity index (χ2n) is 2.60. The van der Waals surface area contributed by atoms with Crippen LogP contribution in [0.3, 0.4) is 0 Å². The molecule has 2 atom stereocenters. The van der Waals surface area contributed by atoms with E-state index in [9.17, 15) is 0 Å². The Morgan fingerprint density at radius 3 is 1.70 bits per heavy atom. The molecule has 0 aromatic rings. The van der Waals surface area contributed by atoms with E-state index in [0.717, 1.165) is 25.7 Å². The number of hydrogen-bond donors (Lipinski definition) is 2. The van der Waals surface area contributed by atoms with E-state index >= 15 is 0 Å². The highest BCUT2D eigenvalue weighted by Gasteiger charge is 2.05. The zero-order chi connectivity index (χ0) is 7.40. The SMILES string of the molecule is OC1C#CC(O)CCCC1. The summed E-state index contributed by atoms with van der Waals surface area (Å²) < 4.78 is 0. The average Bonchev–Trinajstić information content (AvgIpc) is 1.90. The van der Waals surface area contributed by atoms with E-state index in [1.807, 2.05) is 0 Å². The van der Waals surface area contributed by atoms with E-state index in [1.54, 1.807) is 0 Å². The van der Waals surface area contributed by atoms with Crippen molar-refractivity contribution in [2.45, 2.75) is 37.9 Å². The van der Waals surface area contributed by atoms with E-state index in [0.29, 0.717) is 0 Å². The maximum atomic E-state index is 9.05. The zero-order valence-electron chi connectivity index (χ0n) is 5.88. The lowest BCUT2D eigenvalue weighted by Gasteiger charge is -2.08. The molecular weight excluding hydrogens is 128 g/mol. The second kappa shape index (κ2) is 3.60. The van der Waals surface area contributed by atoms with Crippen molar-refractivity contribution in [3.8, 4) is 11.8 Å². The topological polar surface area (TPSA) is 40.5 Å². The van der Waals surface area contributed by atoms with Crippen LogP contribution in [0.2, 0.25) is 0 Å². The maximum absolute atomic E-state index is 9.05. The molecule has 0 aromatic carbocycles. The first kappa shape index (κ1) is 7.59. The summed E-state index contributed by atoms with van der Waals surface area (Å²) in [6.07, 6.45) is 2.39. The van der Waals surface area contributed by atoms with E-state index in [1.165, 1.54) is 0 Å². The van der Waals surface area contributed by atoms with Crippen molar-refractivity contribution in [3.63, 3.8) is 0 Å². The molecule has 56 valence electrons. The van der Waals surface area contributed by atoms with Crippen molar-refractivity contribution >= 4 is 0 Å². The number of hydrogen-bond acceptors (Lipinski definition) is 2. The Kier molecular flexibility index (Phi) is 2.73. The van der Waals surface area contributed by atoms with Crippen molar-refractivity contribution < 1.29 is 10.2 Å². The molecule has 2 unspecified atom stereocenters. The molecule has 0 radical (unpaired) electrons. The van der Waals surface area contributed by atoms with E-state index < -0.39 is 12.2 Å². The quantitative estimate of drug-likeness (QED) is 0.475. The van der Waals surface area contributed by atoms with Gasteiger partial charge in [-0.2, -0.15) is 0 Å². The average molecular weight is 140 g/mol. The van der Waals surface area contributed by atoms with Crippen LogP contribution < -0.4 is 0 Å². The zero-order valence-corrected chi connectivity index (χ0v) is 5.88. The van der Waals surface area contributed by atoms with Crippen molar-refractivity contribution in [1.29, 1.82) is 0 Å². The maximum Gasteiger partial charge on any atom is 0.114 e. The lowest BCUT2D eigenvalue weighted by Crippen LogP contribution is -2.10. The van der Waals surface area contributed by atoms with Crippen molar-refractivity contribution in [2.24, 2.45) is 0 Å². The molecule has 0 amide bonds. The second-order valence-corrected chi connectivity index (χ2v) is 2.60. The highest BCUT2D eigenvalue weighted by Crippen LogP contribution is 2.08. The normalized spacial score (nSPS) is 33.4. The summed E-state index contributed by atoms with van der Waals surface area (Å²) in [4.78, 5) is 0. The molecule has 0 aliphatic heterocycles. The third kappa shape index (κ3) is 2.38. The monoisotopic (exact) mass is 140 g/mol. The largest absolute Gasteiger partial charge is 0.380 e. The first-order chi connectivity index (χ1) is 4.79. The van der Waals surface area contributed by atoms with Crippen molar-refractivity contribution in [2.75, 3.05) is 0 Å². The summed E-state index contributed by atoms with van der Waals surface area (Å²) in [5.74, 6) is 5.18. The molecule has 2 nitrogen and oxygen atoms in total. The summed E-state index contributed by atoms with van der Waals surface area (Å²) in [5.41, 5.74) is 0. The van der Waals surface area contributed by atoms with Gasteiger partial charge >= 0.3 is 0 Å². The Hall–Kier alpha value is -0.520. The predicted octanol–water partition coefficient (Wildman–Crippen LogP) is 0.286. The molecule has 1 rings (SSSR count). The van der Waals surface area contributed by atoms with Gasteiger partial charge in [-0.1, -0.05) is 11.8 Å². The Morgan fingerprint density at radius 1 is 0.900 bits per heavy atom. The standard InChI is InChI=1S/C8H12O2/c9-7-3-1-2-4-8(10)6-5-7/h7-10H,1-4H2. The molecule has 2 N–H and O–H groups in total. The summed E-state index contributed by atoms with van der Waals surface area (Å²) in [7, 11) is 0. The fourth-order valence-corrected chi connectivity index (χ4v) is 1.01. The minimum Gasteiger partial charge on any atom is -0.380 e. The lowest BCUT2D eigenvalue weighted by atomic mass is 10.0. The van der Waals surface area contributed by atoms with Crippen LogP contribution in [-0.2, 0) is 0 Å². The smallest absolute Gasteiger partial charge is 0.114 e. The molecule has 0 bridgehead atoms. The van der Waals surface area contributed by atoms with E-state index in [-0.39, 0.29) is 0 Å². The van der Waals surface area contributed by atoms with Crippen molar-refractivity contribution in [1.82, 2.24) is 0 Å². The van der Waals surface area contributed by atoms with Gasteiger partial charge in [0.15, 0.2) is 0 Å². The molecule has 10 heavy (non-hydrogen) atoms. The van der Waals surface area contributed by atoms with E-state index in [4.69, 9.17) is 10.2 Å². The third-order valence-electron chi connectivity index (χ3n) is 1.62. The number of aliphatic hydroxyl groups excluding tert-OH is 2. The van der Waals surface area contributed by atoms with Crippen LogP contribution in [0, 0.1) is 11.8 Å². The predicted molar refractivity (Wildman–Crippen MR) is 38.3 cm³/mol. The van der Waals surface area contributed by atoms with Gasteiger partial charge in [0.2, 0.25) is 0 Å². The Labute approximate surface area is 60.9 Å². The van der Waals surface area contributed by atoms with Crippen molar-refractivity contribution in [3.05, 3.63) is 0 Å². The van der Waals surface area contributed by atoms with Gasteiger partial charge in [0.25, 0.3) is 0 Å². The molecule has 0 spiro atoms. The van der Waals surface area contributed by atoms with Gasteiger partial charge in [-0.3, -0.25) is 0 Å². The fourth-order valence-electron chi connectivity index (χ4n) is 1.01. The lowest BCUT2D eigenvalue weighted by molar-refractivity contribution is 0.190. The molecule has 0 saturated carbocycles. The van der Waals surface area contributed by atoms with Crippen LogP contribution in [-0.4, -0.2) is 22.4 Å². The summed E-state index contributed by atoms with van der Waals surface area (Å²) in [6.45, 7) is 0. The molecular formula is C8H12O2. The summed E-state index contributed by atoms with van der Waals surface area (Å²) >= 11 is 0. The van der Waals surface area contributed by atoms with Gasteiger partial charge in [-0.25, -0.2) is 0 Å². The van der Waals surface area contributed by atoms with Gasteiger partial charge < -0.3 is 10.2 Å². The van der Waals surface area contributed by atoms with Crippen LogP contribution in [0.4, 0.5) is 0 Å². The molecule has 2 heteroatoms. The van der Waals surface area contributed by atoms with Gasteiger partial charge in [0.05, 0.1) is 0 Å². The van der Waals surface area contributed by atoms with Gasteiger partial charge in [0, 0.05) is 0 Å². The minimum absolute atomic E-state index is 0.519. The van der Waals surface area contributed by atoms with Gasteiger partial charge in [-0.05, 0) is 25.7 Å². The summed E-state index contributed by atoms with van der Waals surface area (Å²) in [6, 6.07) is 0. The number of aliphatic hydroxyl groups is 2. The Bertz CT molecular complexity index is 138. The van der Waals surface area contributed by atoms with E-state index in [2.05, 4.69) is 11.8 Å². The third-order valence-corrected chi connectivity index (χ3v) is 1.62. The highest BCUT2D eigenvalue weighted by molar-refractivity contribution is 5.09. The first-order valence-corrected chi connectivity index (χ1v) is 3.66.